The predicted octanol–water partition coefficient (Wildman–Crippen LogP) is -3.65. The fraction of sp³-hybridized carbons (Fsp3) is 0.750. The van der Waals surface area contributed by atoms with Crippen molar-refractivity contribution >= 4 is 65.0 Å². The van der Waals surface area contributed by atoms with Gasteiger partial charge in [-0.15, -0.1) is 0 Å². The maximum absolute atomic E-state index is 13.9. The monoisotopic (exact) mass is 985 g/mol. The average molecular weight is 985 g/mol. The molecule has 10 atom stereocenters. The number of aliphatic carboxylic acids is 1. The molecule has 25 nitrogen and oxygen atoms in total. The highest BCUT2D eigenvalue weighted by atomic mass is 16.4. The first-order valence-corrected chi connectivity index (χ1v) is 23.3. The summed E-state index contributed by atoms with van der Waals surface area (Å²) in [7, 11) is 0. The number of rotatable bonds is 33. The zero-order valence-corrected chi connectivity index (χ0v) is 41.6. The Balaban J connectivity index is 6.22. The number of carbonyl (C=O) groups excluding carboxylic acids is 10. The second-order valence-corrected chi connectivity index (χ2v) is 18.7. The summed E-state index contributed by atoms with van der Waals surface area (Å²) in [6.07, 6.45) is -1.44. The first kappa shape index (κ1) is 63.0. The Hall–Kier alpha value is -5.95. The number of unbranched alkanes of at least 4 members (excludes halogenated alkanes) is 1. The highest BCUT2D eigenvalue weighted by Crippen LogP contribution is 2.12. The number of aliphatic hydroxyl groups excluding tert-OH is 1. The van der Waals surface area contributed by atoms with Gasteiger partial charge >= 0.3 is 5.97 Å². The summed E-state index contributed by atoms with van der Waals surface area (Å²) in [6.45, 7) is 15.9. The van der Waals surface area contributed by atoms with Crippen LogP contribution in [0, 0.1) is 23.7 Å². The van der Waals surface area contributed by atoms with Crippen molar-refractivity contribution in [2.75, 3.05) is 6.54 Å². The smallest absolute Gasteiger partial charge is 0.326 e. The van der Waals surface area contributed by atoms with E-state index in [1.54, 1.807) is 55.4 Å². The quantitative estimate of drug-likeness (QED) is 0.0282. The number of carboxylic acid groups (broad SMARTS) is 1. The standard InChI is InChI=1S/C44H80N12O13/c1-20(2)19-29(52-37(61)26(46)14-16-30(47)58)40(64)56-35(25(10)57)43(67)49-24(9)36(60)53-33(22(5)6)42(66)54-32(21(3)4)41(65)51-28(15-17-31(48)59)38(62)50-27(13-11-12-18-45)39(63)55-34(23(7)8)44(68)69/h20-29,32-35,57H,11-19,45-46H2,1-10H3,(H2,47,58)(H2,48,59)(H,49,67)(H,50,62)(H,51,65)(H,52,61)(H,53,60)(H,54,66)(H,55,63)(H,56,64)(H,68,69)/t24-,25+,26-,27-,28-,29-,32-,33-,34-,35-/m0/s1. The molecule has 0 aliphatic rings. The van der Waals surface area contributed by atoms with Crippen LogP contribution in [-0.2, 0) is 52.7 Å². The van der Waals surface area contributed by atoms with Crippen LogP contribution >= 0.6 is 0 Å². The minimum Gasteiger partial charge on any atom is -0.480 e. The molecular weight excluding hydrogens is 905 g/mol. The van der Waals surface area contributed by atoms with Crippen LogP contribution in [0.15, 0.2) is 0 Å². The largest absolute Gasteiger partial charge is 0.480 e. The lowest BCUT2D eigenvalue weighted by molar-refractivity contribution is -0.143. The molecular formula is C44H80N12O13. The third-order valence-corrected chi connectivity index (χ3v) is 10.8. The molecule has 0 fully saturated rings. The molecule has 0 radical (unpaired) electrons. The van der Waals surface area contributed by atoms with Crippen LogP contribution < -0.4 is 65.5 Å². The summed E-state index contributed by atoms with van der Waals surface area (Å²) in [6, 6.07) is -12.0. The number of primary amides is 2. The summed E-state index contributed by atoms with van der Waals surface area (Å²) in [5, 5.41) is 40.1. The summed E-state index contributed by atoms with van der Waals surface area (Å²) >= 11 is 0. The minimum absolute atomic E-state index is 0.0566. The second kappa shape index (κ2) is 31.2. The van der Waals surface area contributed by atoms with Gasteiger partial charge in [-0.05, 0) is 82.6 Å². The van der Waals surface area contributed by atoms with Crippen LogP contribution in [0.5, 0.6) is 0 Å². The Morgan fingerprint density at radius 1 is 0.449 bits per heavy atom. The molecule has 0 aliphatic heterocycles. The Labute approximate surface area is 404 Å². The zero-order valence-electron chi connectivity index (χ0n) is 41.6. The highest BCUT2D eigenvalue weighted by molar-refractivity contribution is 5.98. The van der Waals surface area contributed by atoms with Gasteiger partial charge in [-0.1, -0.05) is 55.4 Å². The fourth-order valence-electron chi connectivity index (χ4n) is 6.65. The van der Waals surface area contributed by atoms with Gasteiger partial charge in [0.05, 0.1) is 12.1 Å². The van der Waals surface area contributed by atoms with Crippen molar-refractivity contribution in [2.45, 2.75) is 181 Å². The maximum atomic E-state index is 13.9. The van der Waals surface area contributed by atoms with Crippen molar-refractivity contribution in [1.29, 1.82) is 0 Å². The predicted molar refractivity (Wildman–Crippen MR) is 252 cm³/mol. The molecule has 69 heavy (non-hydrogen) atoms. The SMILES string of the molecule is CC(C)C[C@H](NC(=O)[C@@H](N)CCC(N)=O)C(=O)N[C@H](C(=O)N[C@@H](C)C(=O)N[C@H](C(=O)N[C@H](C(=O)N[C@@H](CCC(N)=O)C(=O)N[C@@H](CCCCN)C(=O)N[C@H](C(=O)O)C(C)C)C(C)C)C(C)C)[C@@H](C)O. The highest BCUT2D eigenvalue weighted by Gasteiger charge is 2.37. The van der Waals surface area contributed by atoms with Crippen LogP contribution in [0.2, 0.25) is 0 Å². The molecule has 10 amide bonds. The number of nitrogens with two attached hydrogens (primary N) is 4. The molecule has 0 unspecified atom stereocenters. The number of hydrogen-bond acceptors (Lipinski definition) is 14. The van der Waals surface area contributed by atoms with E-state index in [2.05, 4.69) is 42.5 Å². The van der Waals surface area contributed by atoms with Crippen LogP contribution in [0.1, 0.15) is 121 Å². The molecule has 0 aromatic heterocycles. The van der Waals surface area contributed by atoms with Gasteiger partial charge in [0.2, 0.25) is 59.1 Å². The molecule has 0 aromatic carbocycles. The molecule has 0 saturated carbocycles. The maximum Gasteiger partial charge on any atom is 0.326 e. The number of aliphatic hydroxyl groups is 1. The molecule has 0 aromatic rings. The molecule has 394 valence electrons. The number of carboxylic acids is 1. The van der Waals surface area contributed by atoms with E-state index in [9.17, 15) is 63.0 Å². The molecule has 0 saturated heterocycles. The average Bonchev–Trinajstić information content (AvgIpc) is 3.23. The van der Waals surface area contributed by atoms with Gasteiger partial charge in [-0.3, -0.25) is 47.9 Å². The summed E-state index contributed by atoms with van der Waals surface area (Å²) in [4.78, 5) is 143. The van der Waals surface area contributed by atoms with E-state index in [1.165, 1.54) is 13.8 Å². The van der Waals surface area contributed by atoms with Crippen molar-refractivity contribution < 1.29 is 63.0 Å². The molecule has 0 aliphatic carbocycles. The molecule has 18 N–H and O–H groups in total. The lowest BCUT2D eigenvalue weighted by atomic mass is 9.98. The van der Waals surface area contributed by atoms with E-state index in [1.807, 2.05) is 0 Å². The van der Waals surface area contributed by atoms with Crippen molar-refractivity contribution in [3.63, 3.8) is 0 Å². The van der Waals surface area contributed by atoms with Gasteiger partial charge in [-0.25, -0.2) is 4.79 Å². The first-order valence-electron chi connectivity index (χ1n) is 23.3. The van der Waals surface area contributed by atoms with Crippen LogP contribution in [0.25, 0.3) is 0 Å². The number of carbonyl (C=O) groups is 11. The zero-order chi connectivity index (χ0) is 53.5. The lowest BCUT2D eigenvalue weighted by Crippen LogP contribution is -2.62. The van der Waals surface area contributed by atoms with Gasteiger partial charge in [0.1, 0.15) is 48.3 Å². The topological polar surface area (TPSA) is 429 Å². The first-order chi connectivity index (χ1) is 31.9. The molecule has 0 rings (SSSR count). The van der Waals surface area contributed by atoms with Crippen molar-refractivity contribution in [2.24, 2.45) is 46.6 Å². The van der Waals surface area contributed by atoms with Crippen molar-refractivity contribution in [3.05, 3.63) is 0 Å². The van der Waals surface area contributed by atoms with Crippen LogP contribution in [0.4, 0.5) is 0 Å². The fourth-order valence-corrected chi connectivity index (χ4v) is 6.65. The molecule has 25 heteroatoms. The summed E-state index contributed by atoms with van der Waals surface area (Å²) in [5.74, 6) is -11.5. The Bertz CT molecular complexity index is 1780. The summed E-state index contributed by atoms with van der Waals surface area (Å²) < 4.78 is 0. The van der Waals surface area contributed by atoms with E-state index in [4.69, 9.17) is 22.9 Å². The second-order valence-electron chi connectivity index (χ2n) is 18.7. The van der Waals surface area contributed by atoms with E-state index < -0.39 is 143 Å². The van der Waals surface area contributed by atoms with E-state index in [-0.39, 0.29) is 51.0 Å². The van der Waals surface area contributed by atoms with E-state index in [0.717, 1.165) is 0 Å². The third kappa shape index (κ3) is 23.8. The normalized spacial score (nSPS) is 15.7. The van der Waals surface area contributed by atoms with E-state index in [0.29, 0.717) is 12.8 Å². The molecule has 0 heterocycles. The van der Waals surface area contributed by atoms with Crippen molar-refractivity contribution in [1.82, 2.24) is 42.5 Å². The van der Waals surface area contributed by atoms with Crippen LogP contribution in [-0.4, -0.2) is 142 Å². The molecule has 0 bridgehead atoms. The van der Waals surface area contributed by atoms with Gasteiger partial charge < -0.3 is 75.7 Å². The lowest BCUT2D eigenvalue weighted by Gasteiger charge is -2.30. The van der Waals surface area contributed by atoms with Gasteiger partial charge in [0.15, 0.2) is 0 Å². The Morgan fingerprint density at radius 3 is 1.30 bits per heavy atom. The Morgan fingerprint density at radius 2 is 0.841 bits per heavy atom. The number of amides is 10. The molecule has 0 spiro atoms. The Kier molecular flexibility index (Phi) is 28.5. The van der Waals surface area contributed by atoms with Crippen molar-refractivity contribution in [3.8, 4) is 0 Å². The van der Waals surface area contributed by atoms with Crippen LogP contribution in [0.3, 0.4) is 0 Å². The number of nitrogens with one attached hydrogen (secondary N) is 8. The minimum atomic E-state index is -1.63. The summed E-state index contributed by atoms with van der Waals surface area (Å²) in [5.41, 5.74) is 22.0. The third-order valence-electron chi connectivity index (χ3n) is 10.8. The van der Waals surface area contributed by atoms with Gasteiger partial charge in [0.25, 0.3) is 0 Å². The van der Waals surface area contributed by atoms with E-state index >= 15 is 0 Å². The number of hydrogen-bond donors (Lipinski definition) is 14. The van der Waals surface area contributed by atoms with Gasteiger partial charge in [0, 0.05) is 12.8 Å². The van der Waals surface area contributed by atoms with Gasteiger partial charge in [-0.2, -0.15) is 0 Å².